The van der Waals surface area contributed by atoms with Gasteiger partial charge in [0, 0.05) is 31.7 Å². The molecule has 1 aliphatic heterocycles. The third kappa shape index (κ3) is 6.35. The van der Waals surface area contributed by atoms with E-state index in [1.807, 2.05) is 48.5 Å². The summed E-state index contributed by atoms with van der Waals surface area (Å²) in [5, 5.41) is 15.2. The van der Waals surface area contributed by atoms with Crippen LogP contribution >= 0.6 is 0 Å². The Morgan fingerprint density at radius 2 is 1.76 bits per heavy atom. The molecule has 1 atom stereocenters. The summed E-state index contributed by atoms with van der Waals surface area (Å²) in [4.78, 5) is 4.46. The third-order valence-electron chi connectivity index (χ3n) is 5.69. The molecule has 7 heteroatoms. The number of hydrogen-bond donors (Lipinski definition) is 1. The van der Waals surface area contributed by atoms with Crippen LogP contribution in [-0.4, -0.2) is 67.3 Å². The normalized spacial score (nSPS) is 15.1. The van der Waals surface area contributed by atoms with Crippen LogP contribution in [0.15, 0.2) is 65.2 Å². The number of rotatable bonds is 11. The maximum absolute atomic E-state index is 10.7. The number of morpholine rings is 1. The first kappa shape index (κ1) is 23.3. The van der Waals surface area contributed by atoms with Gasteiger partial charge in [-0.25, -0.2) is 0 Å². The Balaban J connectivity index is 1.51. The zero-order valence-corrected chi connectivity index (χ0v) is 19.2. The van der Waals surface area contributed by atoms with Crippen molar-refractivity contribution in [3.05, 3.63) is 66.2 Å². The Labute approximate surface area is 195 Å². The SMILES string of the molecule is CCCN(Cc1c(-c2ccccc2)noc1N1CCOCC1)C[C@@H](O)COc1ccccc1. The van der Waals surface area contributed by atoms with E-state index in [-0.39, 0.29) is 6.61 Å². The fourth-order valence-electron chi connectivity index (χ4n) is 4.12. The molecule has 3 aromatic rings. The van der Waals surface area contributed by atoms with Crippen LogP contribution in [-0.2, 0) is 11.3 Å². The van der Waals surface area contributed by atoms with Gasteiger partial charge >= 0.3 is 0 Å². The molecule has 0 aliphatic carbocycles. The summed E-state index contributed by atoms with van der Waals surface area (Å²) < 4.78 is 17.2. The standard InChI is InChI=1S/C26H33N3O4/c1-2-13-28(18-22(30)20-32-23-11-7-4-8-12-23)19-24-25(21-9-5-3-6-10-21)27-33-26(24)29-14-16-31-17-15-29/h3-12,22,30H,2,13-20H2,1H3/t22-/m1/s1. The summed E-state index contributed by atoms with van der Waals surface area (Å²) in [7, 11) is 0. The smallest absolute Gasteiger partial charge is 0.232 e. The Morgan fingerprint density at radius 3 is 2.45 bits per heavy atom. The van der Waals surface area contributed by atoms with E-state index in [2.05, 4.69) is 34.0 Å². The van der Waals surface area contributed by atoms with E-state index in [0.717, 1.165) is 54.5 Å². The molecule has 0 saturated carbocycles. The highest BCUT2D eigenvalue weighted by Crippen LogP contribution is 2.33. The van der Waals surface area contributed by atoms with Gasteiger partial charge in [0.1, 0.15) is 24.2 Å². The summed E-state index contributed by atoms with van der Waals surface area (Å²) in [5.41, 5.74) is 2.93. The first-order valence-electron chi connectivity index (χ1n) is 11.7. The monoisotopic (exact) mass is 451 g/mol. The number of anilines is 1. The van der Waals surface area contributed by atoms with Crippen LogP contribution in [0.25, 0.3) is 11.3 Å². The van der Waals surface area contributed by atoms with Gasteiger partial charge in [0.25, 0.3) is 0 Å². The van der Waals surface area contributed by atoms with Crippen LogP contribution in [0.1, 0.15) is 18.9 Å². The van der Waals surface area contributed by atoms with E-state index in [9.17, 15) is 5.11 Å². The molecule has 0 spiro atoms. The number of para-hydroxylation sites is 1. The molecule has 0 bridgehead atoms. The van der Waals surface area contributed by atoms with E-state index >= 15 is 0 Å². The predicted molar refractivity (Wildman–Crippen MR) is 128 cm³/mol. The maximum atomic E-state index is 10.7. The van der Waals surface area contributed by atoms with Gasteiger partial charge in [-0.2, -0.15) is 0 Å². The minimum absolute atomic E-state index is 0.246. The van der Waals surface area contributed by atoms with Crippen molar-refractivity contribution in [3.63, 3.8) is 0 Å². The van der Waals surface area contributed by atoms with Crippen molar-refractivity contribution in [2.75, 3.05) is 50.9 Å². The summed E-state index contributed by atoms with van der Waals surface area (Å²) in [5.74, 6) is 1.56. The number of nitrogens with zero attached hydrogens (tertiary/aromatic N) is 3. The lowest BCUT2D eigenvalue weighted by Crippen LogP contribution is -2.38. The lowest BCUT2D eigenvalue weighted by Gasteiger charge is -2.29. The Bertz CT molecular complexity index is 958. The molecular formula is C26H33N3O4. The molecule has 2 aromatic carbocycles. The molecular weight excluding hydrogens is 418 g/mol. The average molecular weight is 452 g/mol. The fourth-order valence-corrected chi connectivity index (χ4v) is 4.12. The van der Waals surface area contributed by atoms with Gasteiger partial charge in [0.2, 0.25) is 5.88 Å². The van der Waals surface area contributed by atoms with Crippen LogP contribution in [0.2, 0.25) is 0 Å². The highest BCUT2D eigenvalue weighted by Gasteiger charge is 2.26. The number of aromatic nitrogens is 1. The Morgan fingerprint density at radius 1 is 1.06 bits per heavy atom. The largest absolute Gasteiger partial charge is 0.491 e. The second-order valence-electron chi connectivity index (χ2n) is 8.29. The van der Waals surface area contributed by atoms with Gasteiger partial charge in [0.05, 0.1) is 18.8 Å². The third-order valence-corrected chi connectivity index (χ3v) is 5.69. The van der Waals surface area contributed by atoms with Crippen molar-refractivity contribution in [3.8, 4) is 17.0 Å². The topological polar surface area (TPSA) is 71.2 Å². The first-order chi connectivity index (χ1) is 16.2. The Kier molecular flexibility index (Phi) is 8.35. The zero-order chi connectivity index (χ0) is 22.9. The summed E-state index contributed by atoms with van der Waals surface area (Å²) >= 11 is 0. The molecule has 1 aromatic heterocycles. The van der Waals surface area contributed by atoms with Crippen LogP contribution in [0.4, 0.5) is 5.88 Å². The summed E-state index contributed by atoms with van der Waals surface area (Å²) in [6.45, 7) is 7.29. The molecule has 0 unspecified atom stereocenters. The van der Waals surface area contributed by atoms with Crippen LogP contribution in [0.3, 0.4) is 0 Å². The number of benzene rings is 2. The minimum atomic E-state index is -0.608. The molecule has 33 heavy (non-hydrogen) atoms. The van der Waals surface area contributed by atoms with Gasteiger partial charge < -0.3 is 24.0 Å². The van der Waals surface area contributed by atoms with Crippen molar-refractivity contribution in [1.29, 1.82) is 0 Å². The number of aliphatic hydroxyl groups excluding tert-OH is 1. The van der Waals surface area contributed by atoms with E-state index in [1.54, 1.807) is 0 Å². The fraction of sp³-hybridized carbons (Fsp3) is 0.423. The van der Waals surface area contributed by atoms with Gasteiger partial charge in [0.15, 0.2) is 0 Å². The quantitative estimate of drug-likeness (QED) is 0.475. The lowest BCUT2D eigenvalue weighted by atomic mass is 10.1. The predicted octanol–water partition coefficient (Wildman–Crippen LogP) is 3.83. The minimum Gasteiger partial charge on any atom is -0.491 e. The van der Waals surface area contributed by atoms with Crippen LogP contribution < -0.4 is 9.64 Å². The molecule has 7 nitrogen and oxygen atoms in total. The zero-order valence-electron chi connectivity index (χ0n) is 19.2. The van der Waals surface area contributed by atoms with Gasteiger partial charge in [-0.15, -0.1) is 0 Å². The second-order valence-corrected chi connectivity index (χ2v) is 8.29. The molecule has 1 aliphatic rings. The van der Waals surface area contributed by atoms with E-state index in [1.165, 1.54) is 0 Å². The van der Waals surface area contributed by atoms with Crippen molar-refractivity contribution in [1.82, 2.24) is 10.1 Å². The molecule has 1 N–H and O–H groups in total. The van der Waals surface area contributed by atoms with Crippen LogP contribution in [0, 0.1) is 0 Å². The van der Waals surface area contributed by atoms with E-state index in [0.29, 0.717) is 26.3 Å². The van der Waals surface area contributed by atoms with Gasteiger partial charge in [-0.1, -0.05) is 60.6 Å². The highest BCUT2D eigenvalue weighted by molar-refractivity contribution is 5.68. The molecule has 0 radical (unpaired) electrons. The van der Waals surface area contributed by atoms with Gasteiger partial charge in [-0.3, -0.25) is 4.90 Å². The highest BCUT2D eigenvalue weighted by atomic mass is 16.5. The lowest BCUT2D eigenvalue weighted by molar-refractivity contribution is 0.0655. The number of aliphatic hydroxyl groups is 1. The molecule has 4 rings (SSSR count). The van der Waals surface area contributed by atoms with Crippen molar-refractivity contribution >= 4 is 5.88 Å². The molecule has 2 heterocycles. The number of ether oxygens (including phenoxy) is 2. The Hall–Kier alpha value is -2.87. The van der Waals surface area contributed by atoms with E-state index < -0.39 is 6.10 Å². The first-order valence-corrected chi connectivity index (χ1v) is 11.7. The number of hydrogen-bond acceptors (Lipinski definition) is 7. The summed E-state index contributed by atoms with van der Waals surface area (Å²) in [6, 6.07) is 19.7. The van der Waals surface area contributed by atoms with Crippen molar-refractivity contribution in [2.45, 2.75) is 26.0 Å². The molecule has 1 saturated heterocycles. The maximum Gasteiger partial charge on any atom is 0.232 e. The molecule has 1 fully saturated rings. The molecule has 176 valence electrons. The molecule has 0 amide bonds. The second kappa shape index (κ2) is 11.8. The summed E-state index contributed by atoms with van der Waals surface area (Å²) in [6.07, 6.45) is 0.370. The average Bonchev–Trinajstić information content (AvgIpc) is 3.28. The van der Waals surface area contributed by atoms with Crippen molar-refractivity contribution < 1.29 is 19.1 Å². The van der Waals surface area contributed by atoms with Crippen LogP contribution in [0.5, 0.6) is 5.75 Å². The van der Waals surface area contributed by atoms with Gasteiger partial charge in [-0.05, 0) is 25.1 Å². The van der Waals surface area contributed by atoms with E-state index in [4.69, 9.17) is 14.0 Å². The van der Waals surface area contributed by atoms with Crippen molar-refractivity contribution in [2.24, 2.45) is 0 Å².